The molecule has 3 nitrogen and oxygen atoms in total. The molecule has 1 saturated carbocycles. The molecule has 3 rings (SSSR count). The van der Waals surface area contributed by atoms with Crippen LogP contribution in [0.4, 0.5) is 23.2 Å². The van der Waals surface area contributed by atoms with E-state index in [-0.39, 0.29) is 13.0 Å². The molecule has 0 atom stereocenters. The van der Waals surface area contributed by atoms with Gasteiger partial charge in [0.2, 0.25) is 6.43 Å². The van der Waals surface area contributed by atoms with E-state index in [0.29, 0.717) is 28.0 Å². The number of anilines is 1. The summed E-state index contributed by atoms with van der Waals surface area (Å²) in [7, 11) is 0. The Hall–Kier alpha value is -2.09. The molecule has 0 saturated heterocycles. The van der Waals surface area contributed by atoms with Gasteiger partial charge >= 0.3 is 0 Å². The lowest BCUT2D eigenvalue weighted by atomic mass is 10.0. The van der Waals surface area contributed by atoms with Crippen molar-refractivity contribution in [1.82, 2.24) is 10.3 Å². The quantitative estimate of drug-likeness (QED) is 0.297. The van der Waals surface area contributed by atoms with Crippen LogP contribution in [0.3, 0.4) is 0 Å². The largest absolute Gasteiger partial charge is 0.384 e. The third kappa shape index (κ3) is 10.2. The highest BCUT2D eigenvalue weighted by Crippen LogP contribution is 2.27. The predicted molar refractivity (Wildman–Crippen MR) is 126 cm³/mol. The van der Waals surface area contributed by atoms with Gasteiger partial charge in [0.1, 0.15) is 0 Å². The Bertz CT molecular complexity index is 805. The zero-order valence-corrected chi connectivity index (χ0v) is 19.1. The first-order chi connectivity index (χ1) is 14.8. The second-order valence-corrected chi connectivity index (χ2v) is 8.05. The molecule has 0 aliphatic heterocycles. The maximum atomic E-state index is 13.3. The summed E-state index contributed by atoms with van der Waals surface area (Å²) >= 11 is 1.75. The van der Waals surface area contributed by atoms with Crippen molar-refractivity contribution in [2.75, 3.05) is 24.4 Å². The van der Waals surface area contributed by atoms with Crippen LogP contribution >= 0.6 is 11.8 Å². The zero-order valence-electron chi connectivity index (χ0n) is 18.3. The van der Waals surface area contributed by atoms with Crippen molar-refractivity contribution in [3.8, 4) is 0 Å². The van der Waals surface area contributed by atoms with Crippen LogP contribution in [-0.4, -0.2) is 30.5 Å². The highest BCUT2D eigenvalue weighted by molar-refractivity contribution is 7.97. The van der Waals surface area contributed by atoms with Gasteiger partial charge in [-0.25, -0.2) is 17.6 Å². The molecule has 2 aromatic rings. The summed E-state index contributed by atoms with van der Waals surface area (Å²) in [6, 6.07) is 2.11. The van der Waals surface area contributed by atoms with E-state index in [0.717, 1.165) is 12.1 Å². The van der Waals surface area contributed by atoms with Crippen LogP contribution in [0.1, 0.15) is 44.9 Å². The van der Waals surface area contributed by atoms with E-state index in [1.807, 2.05) is 12.5 Å². The van der Waals surface area contributed by atoms with Crippen molar-refractivity contribution in [2.24, 2.45) is 0 Å². The summed E-state index contributed by atoms with van der Waals surface area (Å²) in [5.41, 5.74) is 1.60. The minimum Gasteiger partial charge on any atom is -0.384 e. The monoisotopic (exact) mass is 459 g/mol. The van der Waals surface area contributed by atoms with E-state index < -0.39 is 18.1 Å². The Morgan fingerprint density at radius 3 is 2.03 bits per heavy atom. The van der Waals surface area contributed by atoms with Crippen molar-refractivity contribution in [1.29, 1.82) is 0 Å². The van der Waals surface area contributed by atoms with Gasteiger partial charge < -0.3 is 15.6 Å². The van der Waals surface area contributed by atoms with Gasteiger partial charge in [0.25, 0.3) is 0 Å². The number of aromatic nitrogens is 1. The number of nitrogens with one attached hydrogen (secondary N) is 3. The van der Waals surface area contributed by atoms with Gasteiger partial charge in [-0.05, 0) is 18.6 Å². The summed E-state index contributed by atoms with van der Waals surface area (Å²) in [4.78, 5) is 2.80. The Balaban J connectivity index is 0.000000444. The highest BCUT2D eigenvalue weighted by atomic mass is 32.2. The van der Waals surface area contributed by atoms with Crippen LogP contribution in [-0.2, 0) is 0 Å². The molecule has 174 valence electrons. The third-order valence-corrected chi connectivity index (χ3v) is 4.57. The number of fused-ring (bicyclic) bond motifs is 1. The maximum Gasteiger partial charge on any atom is 0.240 e. The lowest BCUT2D eigenvalue weighted by molar-refractivity contribution is 0.138. The molecule has 31 heavy (non-hydrogen) atoms. The number of alkyl halides is 2. The van der Waals surface area contributed by atoms with E-state index in [1.165, 1.54) is 44.7 Å². The van der Waals surface area contributed by atoms with Gasteiger partial charge in [-0.1, -0.05) is 51.7 Å². The molecule has 1 aliphatic rings. The Kier molecular flexibility index (Phi) is 12.9. The van der Waals surface area contributed by atoms with Crippen molar-refractivity contribution >= 4 is 28.4 Å². The molecule has 0 radical (unpaired) electrons. The molecule has 1 aromatic carbocycles. The zero-order chi connectivity index (χ0) is 23.2. The van der Waals surface area contributed by atoms with Crippen molar-refractivity contribution < 1.29 is 17.6 Å². The standard InChI is InChI=1S/C15H15F4N3.C6H12.C2H6S/c1-8(20-4-3-15(18)19)9(2)22-14-7-21-13-6-12(17)11(16)5-10(13)14;1-2-4-6-5-3-1;1-3-2/h5-7,15,20-22H,1-4H2;1-6H2;1-2H3. The first-order valence-corrected chi connectivity index (χ1v) is 12.0. The van der Waals surface area contributed by atoms with Crippen molar-refractivity contribution in [3.63, 3.8) is 0 Å². The fourth-order valence-corrected chi connectivity index (χ4v) is 2.96. The van der Waals surface area contributed by atoms with Crippen LogP contribution in [0.5, 0.6) is 0 Å². The number of rotatable bonds is 7. The van der Waals surface area contributed by atoms with E-state index in [4.69, 9.17) is 0 Å². The molecule has 8 heteroatoms. The van der Waals surface area contributed by atoms with E-state index in [1.54, 1.807) is 11.8 Å². The molecule has 1 aliphatic carbocycles. The number of hydrogen-bond acceptors (Lipinski definition) is 3. The number of halogens is 4. The van der Waals surface area contributed by atoms with E-state index in [2.05, 4.69) is 28.8 Å². The molecule has 0 spiro atoms. The first kappa shape index (κ1) is 26.9. The molecule has 0 unspecified atom stereocenters. The average molecular weight is 460 g/mol. The first-order valence-electron chi connectivity index (χ1n) is 10.3. The summed E-state index contributed by atoms with van der Waals surface area (Å²) in [6.45, 7) is 7.47. The van der Waals surface area contributed by atoms with Crippen molar-refractivity contribution in [3.05, 3.63) is 54.5 Å². The van der Waals surface area contributed by atoms with Gasteiger partial charge in [0.15, 0.2) is 11.6 Å². The Labute approximate surface area is 186 Å². The Morgan fingerprint density at radius 1 is 1.00 bits per heavy atom. The number of aromatic amines is 1. The molecule has 1 heterocycles. The summed E-state index contributed by atoms with van der Waals surface area (Å²) < 4.78 is 50.6. The molecular formula is C23H33F4N3S. The molecule has 0 amide bonds. The molecule has 1 fully saturated rings. The summed E-state index contributed by atoms with van der Waals surface area (Å²) in [5, 5.41) is 6.04. The molecule has 1 aromatic heterocycles. The second kappa shape index (κ2) is 14.8. The Morgan fingerprint density at radius 2 is 1.52 bits per heavy atom. The second-order valence-electron chi connectivity index (χ2n) is 7.23. The van der Waals surface area contributed by atoms with Crippen LogP contribution in [0, 0.1) is 11.6 Å². The maximum absolute atomic E-state index is 13.3. The summed E-state index contributed by atoms with van der Waals surface area (Å²) in [6.07, 6.45) is 11.9. The van der Waals surface area contributed by atoms with Gasteiger partial charge in [-0.15, -0.1) is 0 Å². The minimum absolute atomic E-state index is 0.0604. The predicted octanol–water partition coefficient (Wildman–Crippen LogP) is 7.45. The lowest BCUT2D eigenvalue weighted by Gasteiger charge is -2.13. The number of H-pyrrole nitrogens is 1. The molecule has 3 N–H and O–H groups in total. The van der Waals surface area contributed by atoms with Crippen LogP contribution < -0.4 is 10.6 Å². The van der Waals surface area contributed by atoms with Crippen LogP contribution in [0.15, 0.2) is 42.9 Å². The van der Waals surface area contributed by atoms with E-state index >= 15 is 0 Å². The number of hydrogen-bond donors (Lipinski definition) is 3. The minimum atomic E-state index is -2.40. The highest BCUT2D eigenvalue weighted by Gasteiger charge is 2.11. The molecule has 0 bridgehead atoms. The fraction of sp³-hybridized carbons (Fsp3) is 0.478. The van der Waals surface area contributed by atoms with Gasteiger partial charge in [0, 0.05) is 36.3 Å². The number of benzene rings is 1. The van der Waals surface area contributed by atoms with Gasteiger partial charge in [-0.3, -0.25) is 0 Å². The normalized spacial score (nSPS) is 13.0. The average Bonchev–Trinajstić information content (AvgIpc) is 3.11. The molecular weight excluding hydrogens is 426 g/mol. The van der Waals surface area contributed by atoms with Gasteiger partial charge in [0.05, 0.1) is 16.9 Å². The van der Waals surface area contributed by atoms with E-state index in [9.17, 15) is 17.6 Å². The summed E-state index contributed by atoms with van der Waals surface area (Å²) in [5.74, 6) is -1.91. The van der Waals surface area contributed by atoms with Crippen LogP contribution in [0.25, 0.3) is 10.9 Å². The van der Waals surface area contributed by atoms with Gasteiger partial charge in [-0.2, -0.15) is 11.8 Å². The van der Waals surface area contributed by atoms with Crippen molar-refractivity contribution in [2.45, 2.75) is 51.4 Å². The fourth-order valence-electron chi connectivity index (χ4n) is 2.96. The lowest BCUT2D eigenvalue weighted by Crippen LogP contribution is -2.19. The smallest absolute Gasteiger partial charge is 0.240 e. The third-order valence-electron chi connectivity index (χ3n) is 4.57. The topological polar surface area (TPSA) is 39.8 Å². The SMILES string of the molecule is C1CCCCC1.C=C(NCCC(F)F)C(=C)Nc1c[nH]c2cc(F)c(F)cc12.CSC. The van der Waals surface area contributed by atoms with Crippen LogP contribution in [0.2, 0.25) is 0 Å². The number of thioether (sulfide) groups is 1.